The highest BCUT2D eigenvalue weighted by molar-refractivity contribution is 14.1. The van der Waals surface area contributed by atoms with E-state index in [9.17, 15) is 10.1 Å². The summed E-state index contributed by atoms with van der Waals surface area (Å²) in [5.74, 6) is 0. The number of non-ortho nitro benzene ring substituents is 1. The highest BCUT2D eigenvalue weighted by atomic mass is 127. The number of pyridine rings is 1. The third-order valence-electron chi connectivity index (χ3n) is 6.14. The van der Waals surface area contributed by atoms with Crippen LogP contribution in [0.4, 0.5) is 11.4 Å². The van der Waals surface area contributed by atoms with Crippen LogP contribution in [0.25, 0.3) is 0 Å². The van der Waals surface area contributed by atoms with Crippen molar-refractivity contribution >= 4 is 63.1 Å². The number of nitrogens with zero attached hydrogens (tertiary/aromatic N) is 3. The first-order valence-electron chi connectivity index (χ1n) is 11.2. The SMILES string of the molecule is Cc1[nH]c(C)c([C@@H]2[C@H](c3ccccn3)NC(=S)N2c2ccc(Sc3ccc([N+](=O)[O-])cc3)cc2)c1I. The molecule has 1 aliphatic heterocycles. The Morgan fingerprint density at radius 1 is 1.03 bits per heavy atom. The molecule has 36 heavy (non-hydrogen) atoms. The molecule has 2 aromatic carbocycles. The molecule has 2 N–H and O–H groups in total. The fourth-order valence-electron chi connectivity index (χ4n) is 4.49. The Morgan fingerprint density at radius 2 is 1.69 bits per heavy atom. The Balaban J connectivity index is 1.48. The fraction of sp³-hybridized carbons (Fsp3) is 0.154. The summed E-state index contributed by atoms with van der Waals surface area (Å²) in [6.07, 6.45) is 1.81. The van der Waals surface area contributed by atoms with E-state index in [4.69, 9.17) is 12.2 Å². The van der Waals surface area contributed by atoms with E-state index in [2.05, 4.69) is 80.9 Å². The zero-order valence-corrected chi connectivity index (χ0v) is 23.2. The van der Waals surface area contributed by atoms with Gasteiger partial charge in [0, 0.05) is 54.3 Å². The highest BCUT2D eigenvalue weighted by Gasteiger charge is 2.43. The molecule has 0 saturated carbocycles. The molecular weight excluding hydrogens is 605 g/mol. The maximum atomic E-state index is 10.9. The van der Waals surface area contributed by atoms with E-state index in [1.165, 1.54) is 21.3 Å². The summed E-state index contributed by atoms with van der Waals surface area (Å²) in [7, 11) is 0. The Hall–Kier alpha value is -2.96. The number of hydrogen-bond donors (Lipinski definition) is 2. The molecule has 2 atom stereocenters. The molecule has 5 rings (SSSR count). The summed E-state index contributed by atoms with van der Waals surface area (Å²) in [6.45, 7) is 4.19. The van der Waals surface area contributed by atoms with Crippen LogP contribution in [0.1, 0.15) is 34.7 Å². The van der Waals surface area contributed by atoms with Crippen molar-refractivity contribution in [3.8, 4) is 0 Å². The van der Waals surface area contributed by atoms with Crippen LogP contribution in [0.15, 0.2) is 82.7 Å². The monoisotopic (exact) mass is 627 g/mol. The second kappa shape index (κ2) is 10.2. The third kappa shape index (κ3) is 4.72. The highest BCUT2D eigenvalue weighted by Crippen LogP contribution is 2.45. The van der Waals surface area contributed by atoms with Crippen molar-refractivity contribution in [2.45, 2.75) is 35.7 Å². The van der Waals surface area contributed by atoms with Crippen molar-refractivity contribution in [3.05, 3.63) is 109 Å². The number of benzene rings is 2. The fourth-order valence-corrected chi connectivity index (χ4v) is 6.52. The molecule has 1 fully saturated rings. The molecule has 0 spiro atoms. The van der Waals surface area contributed by atoms with Crippen LogP contribution < -0.4 is 10.2 Å². The number of aromatic amines is 1. The number of aromatic nitrogens is 2. The average molecular weight is 628 g/mol. The van der Waals surface area contributed by atoms with Gasteiger partial charge in [-0.2, -0.15) is 0 Å². The minimum Gasteiger partial charge on any atom is -0.362 e. The lowest BCUT2D eigenvalue weighted by molar-refractivity contribution is -0.384. The van der Waals surface area contributed by atoms with Gasteiger partial charge in [0.2, 0.25) is 0 Å². The van der Waals surface area contributed by atoms with Crippen LogP contribution in [-0.2, 0) is 0 Å². The smallest absolute Gasteiger partial charge is 0.269 e. The van der Waals surface area contributed by atoms with Gasteiger partial charge >= 0.3 is 0 Å². The van der Waals surface area contributed by atoms with E-state index in [-0.39, 0.29) is 22.7 Å². The molecule has 1 aliphatic rings. The van der Waals surface area contributed by atoms with Gasteiger partial charge in [-0.1, -0.05) is 17.8 Å². The molecule has 0 radical (unpaired) electrons. The standard InChI is InChI=1S/C26H22IN5O2S2/c1-15-22(23(27)16(2)29-15)25-24(21-5-3-4-14-28-21)30-26(35)31(25)17-6-10-19(11-7-17)36-20-12-8-18(9-13-20)32(33)34/h3-14,24-25,29H,1-2H3,(H,30,35)/t24-,25+/m0/s1. The van der Waals surface area contributed by atoms with Crippen LogP contribution in [0, 0.1) is 27.5 Å². The zero-order valence-electron chi connectivity index (χ0n) is 19.4. The molecule has 182 valence electrons. The summed E-state index contributed by atoms with van der Waals surface area (Å²) in [5, 5.41) is 15.1. The maximum Gasteiger partial charge on any atom is 0.269 e. The van der Waals surface area contributed by atoms with E-state index >= 15 is 0 Å². The van der Waals surface area contributed by atoms with Crippen molar-refractivity contribution in [1.82, 2.24) is 15.3 Å². The first-order valence-corrected chi connectivity index (χ1v) is 13.5. The van der Waals surface area contributed by atoms with Crippen molar-refractivity contribution in [3.63, 3.8) is 0 Å². The lowest BCUT2D eigenvalue weighted by Crippen LogP contribution is -2.29. The number of rotatable bonds is 6. The number of hydrogen-bond acceptors (Lipinski definition) is 5. The van der Waals surface area contributed by atoms with Gasteiger partial charge < -0.3 is 15.2 Å². The Labute approximate surface area is 232 Å². The second-order valence-electron chi connectivity index (χ2n) is 8.45. The quantitative estimate of drug-likeness (QED) is 0.105. The molecule has 0 bridgehead atoms. The number of nitro benzene ring substituents is 1. The molecule has 3 heterocycles. The normalized spacial score (nSPS) is 17.3. The summed E-state index contributed by atoms with van der Waals surface area (Å²) >= 11 is 9.82. The molecule has 4 aromatic rings. The van der Waals surface area contributed by atoms with Gasteiger partial charge in [0.15, 0.2) is 5.11 Å². The minimum atomic E-state index is -0.389. The van der Waals surface area contributed by atoms with E-state index in [1.807, 2.05) is 24.4 Å². The lowest BCUT2D eigenvalue weighted by atomic mass is 9.96. The largest absolute Gasteiger partial charge is 0.362 e. The van der Waals surface area contributed by atoms with Gasteiger partial charge in [0.25, 0.3) is 5.69 Å². The number of nitro groups is 1. The van der Waals surface area contributed by atoms with Gasteiger partial charge in [0.05, 0.1) is 22.7 Å². The van der Waals surface area contributed by atoms with Gasteiger partial charge in [-0.3, -0.25) is 15.1 Å². The molecule has 2 aromatic heterocycles. The molecule has 0 unspecified atom stereocenters. The lowest BCUT2D eigenvalue weighted by Gasteiger charge is -2.28. The topological polar surface area (TPSA) is 87.1 Å². The Kier molecular flexibility index (Phi) is 7.00. The Bertz CT molecular complexity index is 1430. The number of anilines is 1. The van der Waals surface area contributed by atoms with E-state index in [0.717, 1.165) is 32.6 Å². The van der Waals surface area contributed by atoms with Crippen LogP contribution >= 0.6 is 46.6 Å². The number of halogens is 1. The molecular formula is C26H22IN5O2S2. The van der Waals surface area contributed by atoms with Crippen LogP contribution in [-0.4, -0.2) is 20.0 Å². The average Bonchev–Trinajstić information content (AvgIpc) is 3.34. The minimum absolute atomic E-state index is 0.0718. The van der Waals surface area contributed by atoms with E-state index < -0.39 is 0 Å². The van der Waals surface area contributed by atoms with Gasteiger partial charge in [0.1, 0.15) is 0 Å². The van der Waals surface area contributed by atoms with Crippen molar-refractivity contribution in [1.29, 1.82) is 0 Å². The number of aryl methyl sites for hydroxylation is 2. The van der Waals surface area contributed by atoms with Crippen molar-refractivity contribution in [2.75, 3.05) is 4.90 Å². The van der Waals surface area contributed by atoms with Crippen LogP contribution in [0.5, 0.6) is 0 Å². The van der Waals surface area contributed by atoms with Crippen molar-refractivity contribution < 1.29 is 4.92 Å². The van der Waals surface area contributed by atoms with Crippen LogP contribution in [0.3, 0.4) is 0 Å². The number of thiocarbonyl (C=S) groups is 1. The zero-order chi connectivity index (χ0) is 25.4. The second-order valence-corrected chi connectivity index (χ2v) is 11.1. The summed E-state index contributed by atoms with van der Waals surface area (Å²) in [4.78, 5) is 22.8. The van der Waals surface area contributed by atoms with E-state index in [0.29, 0.717) is 5.11 Å². The molecule has 1 saturated heterocycles. The van der Waals surface area contributed by atoms with Crippen molar-refractivity contribution in [2.24, 2.45) is 0 Å². The predicted molar refractivity (Wildman–Crippen MR) is 155 cm³/mol. The van der Waals surface area contributed by atoms with Crippen LogP contribution in [0.2, 0.25) is 0 Å². The first-order chi connectivity index (χ1) is 17.3. The number of H-pyrrole nitrogens is 1. The van der Waals surface area contributed by atoms with Gasteiger partial charge in [-0.25, -0.2) is 0 Å². The molecule has 0 aliphatic carbocycles. The Morgan fingerprint density at radius 3 is 2.25 bits per heavy atom. The summed E-state index contributed by atoms with van der Waals surface area (Å²) < 4.78 is 1.19. The molecule has 0 amide bonds. The number of nitrogens with one attached hydrogen (secondary N) is 2. The van der Waals surface area contributed by atoms with Gasteiger partial charge in [-0.05, 0) is 97.2 Å². The maximum absolute atomic E-state index is 10.9. The predicted octanol–water partition coefficient (Wildman–Crippen LogP) is 6.87. The molecule has 7 nitrogen and oxygen atoms in total. The summed E-state index contributed by atoms with van der Waals surface area (Å²) in [5.41, 5.74) is 5.47. The third-order valence-corrected chi connectivity index (χ3v) is 8.86. The van der Waals surface area contributed by atoms with Gasteiger partial charge in [-0.15, -0.1) is 0 Å². The summed E-state index contributed by atoms with van der Waals surface area (Å²) in [6, 6.07) is 20.6. The first kappa shape index (κ1) is 24.7. The van der Waals surface area contributed by atoms with E-state index in [1.54, 1.807) is 23.9 Å². The molecule has 10 heteroatoms.